The van der Waals surface area contributed by atoms with Crippen molar-refractivity contribution in [1.29, 1.82) is 0 Å². The summed E-state index contributed by atoms with van der Waals surface area (Å²) in [6, 6.07) is 8.79. The van der Waals surface area contributed by atoms with Gasteiger partial charge in [0.15, 0.2) is 0 Å². The molecule has 0 aliphatic carbocycles. The van der Waals surface area contributed by atoms with Crippen LogP contribution in [0.5, 0.6) is 0 Å². The summed E-state index contributed by atoms with van der Waals surface area (Å²) in [5, 5.41) is 17.0. The number of carbonyl (C=O) groups is 1. The lowest BCUT2D eigenvalue weighted by molar-refractivity contribution is -0.384. The summed E-state index contributed by atoms with van der Waals surface area (Å²) < 4.78 is 43.6. The predicted molar refractivity (Wildman–Crippen MR) is 93.7 cm³/mol. The van der Waals surface area contributed by atoms with Gasteiger partial charge in [0.25, 0.3) is 11.6 Å². The number of nitro groups is 1. The normalized spacial score (nSPS) is 12.4. The Labute approximate surface area is 161 Å². The molecule has 0 saturated carbocycles. The standard InChI is InChI=1S/C18H13F3N4O4/c1-10(22-16(26)12-5-3-7-14(9-12)25(27)28)17-23-15(24-29-17)11-4-2-6-13(8-11)18(19,20)21/h2-10H,1H3,(H,22,26). The molecule has 0 radical (unpaired) electrons. The number of nitro benzene ring substituents is 1. The van der Waals surface area contributed by atoms with Crippen molar-refractivity contribution in [2.75, 3.05) is 0 Å². The van der Waals surface area contributed by atoms with Crippen LogP contribution in [-0.4, -0.2) is 21.0 Å². The lowest BCUT2D eigenvalue weighted by atomic mass is 10.1. The zero-order valence-electron chi connectivity index (χ0n) is 14.8. The molecule has 2 aromatic carbocycles. The topological polar surface area (TPSA) is 111 Å². The van der Waals surface area contributed by atoms with Crippen LogP contribution in [0.15, 0.2) is 53.1 Å². The second-order valence-electron chi connectivity index (χ2n) is 6.04. The molecular formula is C18H13F3N4O4. The van der Waals surface area contributed by atoms with E-state index in [1.54, 1.807) is 0 Å². The number of halogens is 3. The Bertz CT molecular complexity index is 1070. The SMILES string of the molecule is CC(NC(=O)c1cccc([N+](=O)[O-])c1)c1nc(-c2cccc(C(F)(F)F)c2)no1. The zero-order chi connectivity index (χ0) is 21.2. The summed E-state index contributed by atoms with van der Waals surface area (Å²) in [7, 11) is 0. The first-order chi connectivity index (χ1) is 13.6. The molecule has 1 atom stereocenters. The van der Waals surface area contributed by atoms with Crippen molar-refractivity contribution in [3.8, 4) is 11.4 Å². The molecule has 1 amide bonds. The van der Waals surface area contributed by atoms with Crippen LogP contribution in [0.25, 0.3) is 11.4 Å². The molecule has 0 aliphatic rings. The molecule has 3 rings (SSSR count). The fraction of sp³-hybridized carbons (Fsp3) is 0.167. The number of hydrogen-bond donors (Lipinski definition) is 1. The van der Waals surface area contributed by atoms with Gasteiger partial charge in [-0.2, -0.15) is 18.2 Å². The summed E-state index contributed by atoms with van der Waals surface area (Å²) in [6.07, 6.45) is -4.51. The maximum atomic E-state index is 12.8. The van der Waals surface area contributed by atoms with Gasteiger partial charge in [0, 0.05) is 23.3 Å². The third-order valence-corrected chi connectivity index (χ3v) is 3.93. The first-order valence-corrected chi connectivity index (χ1v) is 8.21. The molecule has 0 bridgehead atoms. The molecule has 0 aliphatic heterocycles. The van der Waals surface area contributed by atoms with E-state index in [4.69, 9.17) is 4.52 Å². The smallest absolute Gasteiger partial charge is 0.341 e. The number of nitrogens with zero attached hydrogens (tertiary/aromatic N) is 3. The number of carbonyl (C=O) groups excluding carboxylic acids is 1. The van der Waals surface area contributed by atoms with E-state index in [-0.39, 0.29) is 28.5 Å². The Morgan fingerprint density at radius 2 is 1.93 bits per heavy atom. The molecule has 1 heterocycles. The highest BCUT2D eigenvalue weighted by Gasteiger charge is 2.31. The van der Waals surface area contributed by atoms with E-state index in [9.17, 15) is 28.1 Å². The van der Waals surface area contributed by atoms with Gasteiger partial charge in [-0.1, -0.05) is 23.4 Å². The summed E-state index contributed by atoms with van der Waals surface area (Å²) in [5.41, 5.74) is -0.931. The second-order valence-corrected chi connectivity index (χ2v) is 6.04. The molecule has 1 N–H and O–H groups in total. The van der Waals surface area contributed by atoms with E-state index in [1.165, 1.54) is 37.3 Å². The van der Waals surface area contributed by atoms with Gasteiger partial charge in [-0.25, -0.2) is 0 Å². The molecule has 8 nitrogen and oxygen atoms in total. The number of amides is 1. The quantitative estimate of drug-likeness (QED) is 0.503. The number of aromatic nitrogens is 2. The van der Waals surface area contributed by atoms with Gasteiger partial charge in [-0.15, -0.1) is 0 Å². The Morgan fingerprint density at radius 3 is 2.62 bits per heavy atom. The minimum atomic E-state index is -4.51. The maximum absolute atomic E-state index is 12.8. The van der Waals surface area contributed by atoms with Gasteiger partial charge in [0.2, 0.25) is 11.7 Å². The van der Waals surface area contributed by atoms with Gasteiger partial charge in [-0.05, 0) is 25.1 Å². The third-order valence-electron chi connectivity index (χ3n) is 3.93. The fourth-order valence-electron chi connectivity index (χ4n) is 2.47. The van der Waals surface area contributed by atoms with Gasteiger partial charge in [0.1, 0.15) is 6.04 Å². The van der Waals surface area contributed by atoms with Crippen molar-refractivity contribution in [2.45, 2.75) is 19.1 Å². The van der Waals surface area contributed by atoms with E-state index in [2.05, 4.69) is 15.5 Å². The fourth-order valence-corrected chi connectivity index (χ4v) is 2.47. The van der Waals surface area contributed by atoms with E-state index in [0.717, 1.165) is 18.2 Å². The highest BCUT2D eigenvalue weighted by Crippen LogP contribution is 2.31. The lowest BCUT2D eigenvalue weighted by Gasteiger charge is -2.09. The lowest BCUT2D eigenvalue weighted by Crippen LogP contribution is -2.26. The molecule has 1 aromatic heterocycles. The van der Waals surface area contributed by atoms with Crippen molar-refractivity contribution in [3.05, 3.63) is 75.7 Å². The predicted octanol–water partition coefficient (Wildman–Crippen LogP) is 4.15. The Kier molecular flexibility index (Phi) is 5.31. The Morgan fingerprint density at radius 1 is 1.21 bits per heavy atom. The van der Waals surface area contributed by atoms with Crippen molar-refractivity contribution in [2.24, 2.45) is 0 Å². The van der Waals surface area contributed by atoms with Crippen molar-refractivity contribution < 1.29 is 27.4 Å². The Balaban J connectivity index is 1.76. The van der Waals surface area contributed by atoms with Gasteiger partial charge >= 0.3 is 6.18 Å². The molecule has 150 valence electrons. The van der Waals surface area contributed by atoms with Crippen LogP contribution in [0, 0.1) is 10.1 Å². The van der Waals surface area contributed by atoms with Gasteiger partial charge < -0.3 is 9.84 Å². The van der Waals surface area contributed by atoms with Crippen LogP contribution < -0.4 is 5.32 Å². The molecule has 0 spiro atoms. The van der Waals surface area contributed by atoms with Crippen LogP contribution in [0.3, 0.4) is 0 Å². The van der Waals surface area contributed by atoms with Crippen LogP contribution in [0.2, 0.25) is 0 Å². The minimum Gasteiger partial charge on any atom is -0.341 e. The summed E-state index contributed by atoms with van der Waals surface area (Å²) in [4.78, 5) is 26.5. The number of nitrogens with one attached hydrogen (secondary N) is 1. The number of rotatable bonds is 5. The van der Waals surface area contributed by atoms with E-state index in [1.807, 2.05) is 0 Å². The summed E-state index contributed by atoms with van der Waals surface area (Å²) in [5.74, 6) is -0.709. The van der Waals surface area contributed by atoms with Crippen LogP contribution >= 0.6 is 0 Å². The molecule has 29 heavy (non-hydrogen) atoms. The van der Waals surface area contributed by atoms with Gasteiger partial charge in [0.05, 0.1) is 10.5 Å². The summed E-state index contributed by atoms with van der Waals surface area (Å²) >= 11 is 0. The van der Waals surface area contributed by atoms with Crippen molar-refractivity contribution in [3.63, 3.8) is 0 Å². The largest absolute Gasteiger partial charge is 0.416 e. The average Bonchev–Trinajstić information content (AvgIpc) is 3.18. The molecule has 11 heteroatoms. The molecule has 0 fully saturated rings. The zero-order valence-corrected chi connectivity index (χ0v) is 14.8. The summed E-state index contributed by atoms with van der Waals surface area (Å²) in [6.45, 7) is 1.53. The first kappa shape index (κ1) is 20.0. The average molecular weight is 406 g/mol. The number of benzene rings is 2. The molecule has 3 aromatic rings. The minimum absolute atomic E-state index is 0.0313. The van der Waals surface area contributed by atoms with Crippen molar-refractivity contribution >= 4 is 11.6 Å². The molecule has 0 saturated heterocycles. The third kappa shape index (κ3) is 4.57. The monoisotopic (exact) mass is 406 g/mol. The van der Waals surface area contributed by atoms with E-state index >= 15 is 0 Å². The van der Waals surface area contributed by atoms with E-state index in [0.29, 0.717) is 0 Å². The number of non-ortho nitro benzene ring substituents is 1. The van der Waals surface area contributed by atoms with E-state index < -0.39 is 28.6 Å². The highest BCUT2D eigenvalue weighted by atomic mass is 19.4. The number of alkyl halides is 3. The highest BCUT2D eigenvalue weighted by molar-refractivity contribution is 5.95. The first-order valence-electron chi connectivity index (χ1n) is 8.21. The molecule has 1 unspecified atom stereocenters. The molecular weight excluding hydrogens is 393 g/mol. The van der Waals surface area contributed by atoms with Crippen LogP contribution in [0.4, 0.5) is 18.9 Å². The maximum Gasteiger partial charge on any atom is 0.416 e. The van der Waals surface area contributed by atoms with Crippen molar-refractivity contribution in [1.82, 2.24) is 15.5 Å². The Hall–Kier alpha value is -3.76. The van der Waals surface area contributed by atoms with Crippen LogP contribution in [0.1, 0.15) is 34.8 Å². The van der Waals surface area contributed by atoms with Crippen LogP contribution in [-0.2, 0) is 6.18 Å². The second kappa shape index (κ2) is 7.70. The number of hydrogen-bond acceptors (Lipinski definition) is 6. The van der Waals surface area contributed by atoms with Gasteiger partial charge in [-0.3, -0.25) is 14.9 Å².